The summed E-state index contributed by atoms with van der Waals surface area (Å²) in [4.78, 5) is 33.2. The maximum Gasteiger partial charge on any atom is 0.315 e. The monoisotopic (exact) mass is 270 g/mol. The van der Waals surface area contributed by atoms with E-state index in [2.05, 4.69) is 10.6 Å². The molecule has 106 valence electrons. The van der Waals surface area contributed by atoms with Gasteiger partial charge >= 0.3 is 18.0 Å². The Balaban J connectivity index is 2.17. The molecule has 0 spiro atoms. The van der Waals surface area contributed by atoms with Gasteiger partial charge in [0.05, 0.1) is 25.0 Å². The lowest BCUT2D eigenvalue weighted by molar-refractivity contribution is -0.143. The van der Waals surface area contributed by atoms with Crippen LogP contribution in [0.25, 0.3) is 0 Å². The van der Waals surface area contributed by atoms with Crippen LogP contribution in [0.4, 0.5) is 4.79 Å². The molecule has 1 rings (SSSR count). The SMILES string of the molecule is CCOC(=O)CCNC(=O)NC1C=CC(C(=O)O)C1. The fraction of sp³-hybridized carbons (Fsp3) is 0.583. The van der Waals surface area contributed by atoms with Gasteiger partial charge in [0, 0.05) is 6.54 Å². The standard InChI is InChI=1S/C12H18N2O5/c1-2-19-10(15)5-6-13-12(18)14-9-4-3-8(7-9)11(16)17/h3-4,8-9H,2,5-7H2,1H3,(H,16,17)(H2,13,14,18). The van der Waals surface area contributed by atoms with E-state index in [9.17, 15) is 14.4 Å². The summed E-state index contributed by atoms with van der Waals surface area (Å²) in [6, 6.07) is -0.714. The summed E-state index contributed by atoms with van der Waals surface area (Å²) in [6.45, 7) is 2.21. The van der Waals surface area contributed by atoms with Gasteiger partial charge in [-0.1, -0.05) is 12.2 Å². The first kappa shape index (κ1) is 15.0. The number of urea groups is 1. The van der Waals surface area contributed by atoms with Crippen molar-refractivity contribution in [3.05, 3.63) is 12.2 Å². The van der Waals surface area contributed by atoms with Crippen LogP contribution >= 0.6 is 0 Å². The van der Waals surface area contributed by atoms with Crippen molar-refractivity contribution >= 4 is 18.0 Å². The molecule has 2 amide bonds. The summed E-state index contributed by atoms with van der Waals surface area (Å²) < 4.78 is 4.71. The van der Waals surface area contributed by atoms with Crippen molar-refractivity contribution < 1.29 is 24.2 Å². The third-order valence-corrected chi connectivity index (χ3v) is 2.64. The third-order valence-electron chi connectivity index (χ3n) is 2.64. The number of nitrogens with one attached hydrogen (secondary N) is 2. The molecule has 0 bridgehead atoms. The van der Waals surface area contributed by atoms with Gasteiger partial charge in [0.1, 0.15) is 0 Å². The Labute approximate surface area is 111 Å². The summed E-state index contributed by atoms with van der Waals surface area (Å²) in [5.41, 5.74) is 0. The Hall–Kier alpha value is -2.05. The summed E-state index contributed by atoms with van der Waals surface area (Å²) in [5.74, 6) is -1.82. The number of aliphatic carboxylic acids is 1. The number of carbonyl (C=O) groups excluding carboxylic acids is 2. The van der Waals surface area contributed by atoms with E-state index in [4.69, 9.17) is 9.84 Å². The maximum atomic E-state index is 11.5. The van der Waals surface area contributed by atoms with Gasteiger partial charge in [-0.25, -0.2) is 4.79 Å². The molecule has 0 aliphatic heterocycles. The molecule has 0 aromatic rings. The molecule has 2 unspecified atom stereocenters. The zero-order chi connectivity index (χ0) is 14.3. The number of carboxylic acids is 1. The van der Waals surface area contributed by atoms with Gasteiger partial charge in [-0.2, -0.15) is 0 Å². The summed E-state index contributed by atoms with van der Waals surface area (Å²) in [5, 5.41) is 13.9. The predicted molar refractivity (Wildman–Crippen MR) is 66.5 cm³/mol. The Morgan fingerprint density at radius 3 is 2.68 bits per heavy atom. The lowest BCUT2D eigenvalue weighted by Gasteiger charge is -2.12. The van der Waals surface area contributed by atoms with Gasteiger partial charge in [0.25, 0.3) is 0 Å². The van der Waals surface area contributed by atoms with Crippen LogP contribution in [0.3, 0.4) is 0 Å². The number of amides is 2. The van der Waals surface area contributed by atoms with E-state index < -0.39 is 17.9 Å². The van der Waals surface area contributed by atoms with Crippen molar-refractivity contribution in [3.63, 3.8) is 0 Å². The van der Waals surface area contributed by atoms with E-state index in [1.54, 1.807) is 19.1 Å². The van der Waals surface area contributed by atoms with Crippen molar-refractivity contribution in [2.45, 2.75) is 25.8 Å². The highest BCUT2D eigenvalue weighted by molar-refractivity contribution is 5.77. The first-order valence-corrected chi connectivity index (χ1v) is 6.14. The van der Waals surface area contributed by atoms with E-state index >= 15 is 0 Å². The lowest BCUT2D eigenvalue weighted by Crippen LogP contribution is -2.41. The minimum atomic E-state index is -0.900. The van der Waals surface area contributed by atoms with Crippen LogP contribution in [-0.4, -0.2) is 42.3 Å². The Morgan fingerprint density at radius 2 is 2.11 bits per heavy atom. The summed E-state index contributed by atoms with van der Waals surface area (Å²) >= 11 is 0. The zero-order valence-corrected chi connectivity index (χ0v) is 10.7. The van der Waals surface area contributed by atoms with Crippen LogP contribution in [0.15, 0.2) is 12.2 Å². The van der Waals surface area contributed by atoms with Crippen LogP contribution < -0.4 is 10.6 Å². The van der Waals surface area contributed by atoms with Gasteiger partial charge < -0.3 is 20.5 Å². The second kappa shape index (κ2) is 7.40. The fourth-order valence-electron chi connectivity index (χ4n) is 1.72. The quantitative estimate of drug-likeness (QED) is 0.474. The number of hydrogen-bond donors (Lipinski definition) is 3. The van der Waals surface area contributed by atoms with Crippen LogP contribution in [0, 0.1) is 5.92 Å². The number of rotatable bonds is 6. The molecular formula is C12H18N2O5. The second-order valence-corrected chi connectivity index (χ2v) is 4.13. The summed E-state index contributed by atoms with van der Waals surface area (Å²) in [6.07, 6.45) is 3.68. The van der Waals surface area contributed by atoms with Gasteiger partial charge in [-0.05, 0) is 13.3 Å². The zero-order valence-electron chi connectivity index (χ0n) is 10.7. The average molecular weight is 270 g/mol. The Kier molecular flexibility index (Phi) is 5.84. The molecule has 1 aliphatic carbocycles. The van der Waals surface area contributed by atoms with Gasteiger partial charge in [-0.15, -0.1) is 0 Å². The average Bonchev–Trinajstić information content (AvgIpc) is 2.78. The van der Waals surface area contributed by atoms with Gasteiger partial charge in [0.15, 0.2) is 0 Å². The molecule has 19 heavy (non-hydrogen) atoms. The van der Waals surface area contributed by atoms with Crippen LogP contribution in [0.2, 0.25) is 0 Å². The molecule has 0 radical (unpaired) electrons. The molecule has 7 heteroatoms. The summed E-state index contributed by atoms with van der Waals surface area (Å²) in [7, 11) is 0. The molecule has 0 aromatic heterocycles. The Bertz CT molecular complexity index is 380. The molecule has 0 aromatic carbocycles. The topological polar surface area (TPSA) is 105 Å². The maximum absolute atomic E-state index is 11.5. The van der Waals surface area contributed by atoms with E-state index in [-0.39, 0.29) is 25.0 Å². The predicted octanol–water partition coefficient (Wildman–Crippen LogP) is 0.268. The lowest BCUT2D eigenvalue weighted by atomic mass is 10.1. The highest BCUT2D eigenvalue weighted by atomic mass is 16.5. The molecule has 0 fully saturated rings. The molecule has 0 saturated heterocycles. The first-order valence-electron chi connectivity index (χ1n) is 6.14. The smallest absolute Gasteiger partial charge is 0.315 e. The van der Waals surface area contributed by atoms with Crippen LogP contribution in [0.5, 0.6) is 0 Å². The van der Waals surface area contributed by atoms with Crippen LogP contribution in [0.1, 0.15) is 19.8 Å². The molecule has 0 heterocycles. The Morgan fingerprint density at radius 1 is 1.37 bits per heavy atom. The van der Waals surface area contributed by atoms with Crippen molar-refractivity contribution in [3.8, 4) is 0 Å². The van der Waals surface area contributed by atoms with Crippen molar-refractivity contribution in [1.82, 2.24) is 10.6 Å². The van der Waals surface area contributed by atoms with E-state index in [1.165, 1.54) is 0 Å². The number of carbonyl (C=O) groups is 3. The molecule has 3 N–H and O–H groups in total. The minimum absolute atomic E-state index is 0.111. The number of carboxylic acid groups (broad SMARTS) is 1. The molecular weight excluding hydrogens is 252 g/mol. The minimum Gasteiger partial charge on any atom is -0.481 e. The van der Waals surface area contributed by atoms with E-state index in [0.717, 1.165) is 0 Å². The molecule has 2 atom stereocenters. The number of ether oxygens (including phenoxy) is 1. The van der Waals surface area contributed by atoms with Crippen molar-refractivity contribution in [1.29, 1.82) is 0 Å². The van der Waals surface area contributed by atoms with Crippen molar-refractivity contribution in [2.75, 3.05) is 13.2 Å². The van der Waals surface area contributed by atoms with Gasteiger partial charge in [-0.3, -0.25) is 9.59 Å². The molecule has 1 aliphatic rings. The molecule has 0 saturated carbocycles. The van der Waals surface area contributed by atoms with Gasteiger partial charge in [0.2, 0.25) is 0 Å². The first-order chi connectivity index (χ1) is 9.02. The molecule has 7 nitrogen and oxygen atoms in total. The van der Waals surface area contributed by atoms with Crippen LogP contribution in [-0.2, 0) is 14.3 Å². The highest BCUT2D eigenvalue weighted by Crippen LogP contribution is 2.17. The third kappa shape index (κ3) is 5.41. The van der Waals surface area contributed by atoms with E-state index in [0.29, 0.717) is 13.0 Å². The highest BCUT2D eigenvalue weighted by Gasteiger charge is 2.25. The number of esters is 1. The largest absolute Gasteiger partial charge is 0.481 e. The fourth-order valence-corrected chi connectivity index (χ4v) is 1.72. The van der Waals surface area contributed by atoms with Crippen molar-refractivity contribution in [2.24, 2.45) is 5.92 Å². The number of hydrogen-bond acceptors (Lipinski definition) is 4. The normalized spacial score (nSPS) is 20.9. The van der Waals surface area contributed by atoms with E-state index in [1.807, 2.05) is 0 Å². The second-order valence-electron chi connectivity index (χ2n) is 4.13.